The van der Waals surface area contributed by atoms with Crippen LogP contribution in [-0.2, 0) is 4.79 Å². The van der Waals surface area contributed by atoms with Crippen LogP contribution < -0.4 is 0 Å². The molecule has 136 valence electrons. The van der Waals surface area contributed by atoms with Gasteiger partial charge >= 0.3 is 0 Å². The van der Waals surface area contributed by atoms with Gasteiger partial charge in [-0.15, -0.1) is 5.92 Å². The molecule has 1 heteroatoms. The molecule has 0 radical (unpaired) electrons. The average Bonchev–Trinajstić information content (AvgIpc) is 2.91. The first kappa shape index (κ1) is 17.4. The molecule has 0 aromatic heterocycles. The lowest BCUT2D eigenvalue weighted by atomic mass is 9.43. The Kier molecular flexibility index (Phi) is 3.99. The highest BCUT2D eigenvalue weighted by atomic mass is 16.1. The number of ketones is 1. The number of fused-ring (bicyclic) bond motifs is 5. The molecule has 0 saturated heterocycles. The van der Waals surface area contributed by atoms with Gasteiger partial charge in [-0.05, 0) is 85.5 Å². The van der Waals surface area contributed by atoms with Crippen molar-refractivity contribution in [2.24, 2.45) is 46.3 Å². The largest absolute Gasteiger partial charge is 0.295 e. The summed E-state index contributed by atoms with van der Waals surface area (Å²) < 4.78 is 0. The van der Waals surface area contributed by atoms with Crippen LogP contribution in [0, 0.1) is 58.2 Å². The fraction of sp³-hybridized carbons (Fsp3) is 0.792. The predicted octanol–water partition coefficient (Wildman–Crippen LogP) is 5.65. The summed E-state index contributed by atoms with van der Waals surface area (Å²) in [4.78, 5) is 12.1. The molecule has 8 unspecified atom stereocenters. The van der Waals surface area contributed by atoms with Crippen molar-refractivity contribution in [2.45, 2.75) is 73.1 Å². The van der Waals surface area contributed by atoms with Gasteiger partial charge < -0.3 is 0 Å². The minimum atomic E-state index is 0.264. The quantitative estimate of drug-likeness (QED) is 0.522. The molecule has 3 fully saturated rings. The molecule has 0 aromatic rings. The number of rotatable bonds is 0. The van der Waals surface area contributed by atoms with Crippen molar-refractivity contribution < 1.29 is 4.79 Å². The fourth-order valence-corrected chi connectivity index (χ4v) is 7.69. The van der Waals surface area contributed by atoms with E-state index in [0.29, 0.717) is 29.0 Å². The van der Waals surface area contributed by atoms with Crippen LogP contribution in [0.25, 0.3) is 0 Å². The summed E-state index contributed by atoms with van der Waals surface area (Å²) in [6.07, 6.45) is 9.21. The Morgan fingerprint density at radius 2 is 1.84 bits per heavy atom. The van der Waals surface area contributed by atoms with E-state index in [1.54, 1.807) is 0 Å². The van der Waals surface area contributed by atoms with Gasteiger partial charge in [0, 0.05) is 12.3 Å². The van der Waals surface area contributed by atoms with Crippen LogP contribution in [0.1, 0.15) is 73.1 Å². The molecule has 0 N–H and O–H groups in total. The maximum atomic E-state index is 12.1. The molecular weight excluding hydrogens is 304 g/mol. The van der Waals surface area contributed by atoms with Gasteiger partial charge in [0.15, 0.2) is 5.78 Å². The van der Waals surface area contributed by atoms with Crippen molar-refractivity contribution in [1.29, 1.82) is 0 Å². The Morgan fingerprint density at radius 1 is 1.08 bits per heavy atom. The van der Waals surface area contributed by atoms with Gasteiger partial charge in [-0.25, -0.2) is 0 Å². The van der Waals surface area contributed by atoms with Gasteiger partial charge in [-0.3, -0.25) is 4.79 Å². The minimum Gasteiger partial charge on any atom is -0.295 e. The molecule has 0 aliphatic heterocycles. The minimum absolute atomic E-state index is 0.264. The Bertz CT molecular complexity index is 676. The Labute approximate surface area is 154 Å². The second kappa shape index (κ2) is 5.73. The zero-order valence-electron chi connectivity index (χ0n) is 16.7. The lowest BCUT2D eigenvalue weighted by molar-refractivity contribution is -0.119. The highest BCUT2D eigenvalue weighted by Gasteiger charge is 2.61. The van der Waals surface area contributed by atoms with Gasteiger partial charge in [0.25, 0.3) is 0 Å². The molecule has 25 heavy (non-hydrogen) atoms. The Morgan fingerprint density at radius 3 is 2.56 bits per heavy atom. The zero-order chi connectivity index (χ0) is 18.0. The number of allylic oxidation sites excluding steroid dienone is 1. The average molecular weight is 339 g/mol. The third-order valence-electron chi connectivity index (χ3n) is 9.22. The molecule has 4 aliphatic rings. The van der Waals surface area contributed by atoms with E-state index < -0.39 is 0 Å². The number of hydrogen-bond donors (Lipinski definition) is 0. The van der Waals surface area contributed by atoms with Crippen molar-refractivity contribution in [3.05, 3.63) is 11.6 Å². The van der Waals surface area contributed by atoms with Crippen LogP contribution in [0.4, 0.5) is 0 Å². The van der Waals surface area contributed by atoms with E-state index in [-0.39, 0.29) is 5.41 Å². The monoisotopic (exact) mass is 338 g/mol. The van der Waals surface area contributed by atoms with Crippen LogP contribution in [0.5, 0.6) is 0 Å². The summed E-state index contributed by atoms with van der Waals surface area (Å²) >= 11 is 0. The van der Waals surface area contributed by atoms with E-state index in [0.717, 1.165) is 30.6 Å². The predicted molar refractivity (Wildman–Crippen MR) is 103 cm³/mol. The van der Waals surface area contributed by atoms with Crippen molar-refractivity contribution in [2.75, 3.05) is 0 Å². The standard InChI is InChI=1S/C24H34O/c1-6-7-17-8-9-19-22-16(3)15(2)21-14-18(25)10-12-24(21,5)20(22)11-13-23(17,19)4/h14-17,19-20,22H,8-13H2,1-5H3. The molecule has 4 aliphatic carbocycles. The molecule has 0 spiro atoms. The van der Waals surface area contributed by atoms with Crippen LogP contribution in [0.15, 0.2) is 11.6 Å². The van der Waals surface area contributed by atoms with Crippen molar-refractivity contribution in [1.82, 2.24) is 0 Å². The van der Waals surface area contributed by atoms with Crippen LogP contribution in [-0.4, -0.2) is 5.78 Å². The Hall–Kier alpha value is -1.03. The van der Waals surface area contributed by atoms with E-state index in [9.17, 15) is 4.79 Å². The van der Waals surface area contributed by atoms with Gasteiger partial charge in [0.1, 0.15) is 0 Å². The summed E-state index contributed by atoms with van der Waals surface area (Å²) in [7, 11) is 0. The van der Waals surface area contributed by atoms with Gasteiger partial charge in [-0.2, -0.15) is 0 Å². The lowest BCUT2D eigenvalue weighted by Crippen LogP contribution is -2.55. The second-order valence-electron chi connectivity index (χ2n) is 9.99. The number of carbonyl (C=O) groups excluding carboxylic acids is 1. The van der Waals surface area contributed by atoms with E-state index in [1.807, 2.05) is 6.92 Å². The molecule has 3 saturated carbocycles. The summed E-state index contributed by atoms with van der Waals surface area (Å²) in [5.74, 6) is 11.4. The maximum Gasteiger partial charge on any atom is 0.155 e. The normalized spacial score (nSPS) is 51.6. The summed E-state index contributed by atoms with van der Waals surface area (Å²) in [5, 5.41) is 0. The van der Waals surface area contributed by atoms with E-state index in [1.165, 1.54) is 31.3 Å². The highest BCUT2D eigenvalue weighted by molar-refractivity contribution is 5.91. The van der Waals surface area contributed by atoms with E-state index in [4.69, 9.17) is 0 Å². The number of hydrogen-bond acceptors (Lipinski definition) is 1. The first-order valence-electron chi connectivity index (χ1n) is 10.5. The first-order chi connectivity index (χ1) is 11.8. The molecule has 8 atom stereocenters. The zero-order valence-corrected chi connectivity index (χ0v) is 16.7. The highest BCUT2D eigenvalue weighted by Crippen LogP contribution is 2.68. The molecule has 0 bridgehead atoms. The number of carbonyl (C=O) groups is 1. The van der Waals surface area contributed by atoms with Crippen LogP contribution >= 0.6 is 0 Å². The lowest BCUT2D eigenvalue weighted by Gasteiger charge is -2.61. The summed E-state index contributed by atoms with van der Waals surface area (Å²) in [6, 6.07) is 0. The molecule has 1 nitrogen and oxygen atoms in total. The summed E-state index contributed by atoms with van der Waals surface area (Å²) in [5.41, 5.74) is 2.17. The third-order valence-corrected chi connectivity index (χ3v) is 9.22. The third kappa shape index (κ3) is 2.25. The van der Waals surface area contributed by atoms with Gasteiger partial charge in [0.2, 0.25) is 0 Å². The van der Waals surface area contributed by atoms with Crippen molar-refractivity contribution >= 4 is 5.78 Å². The van der Waals surface area contributed by atoms with Crippen molar-refractivity contribution in [3.63, 3.8) is 0 Å². The van der Waals surface area contributed by atoms with E-state index >= 15 is 0 Å². The summed E-state index contributed by atoms with van der Waals surface area (Å²) in [6.45, 7) is 11.9. The SMILES string of the molecule is CC#CC1CCC2C3C(C)C(C)C4=CC(=O)CCC4(C)C3CCC12C. The van der Waals surface area contributed by atoms with Crippen LogP contribution in [0.3, 0.4) is 0 Å². The molecule has 4 rings (SSSR count). The topological polar surface area (TPSA) is 17.1 Å². The molecule has 0 heterocycles. The second-order valence-corrected chi connectivity index (χ2v) is 9.99. The first-order valence-corrected chi connectivity index (χ1v) is 10.5. The fourth-order valence-electron chi connectivity index (χ4n) is 7.69. The smallest absolute Gasteiger partial charge is 0.155 e. The van der Waals surface area contributed by atoms with Crippen molar-refractivity contribution in [3.8, 4) is 11.8 Å². The molecular formula is C24H34O. The van der Waals surface area contributed by atoms with Crippen LogP contribution in [0.2, 0.25) is 0 Å². The van der Waals surface area contributed by atoms with E-state index in [2.05, 4.69) is 45.6 Å². The molecule has 0 aromatic carbocycles. The van der Waals surface area contributed by atoms with Gasteiger partial charge in [0.05, 0.1) is 0 Å². The maximum absolute atomic E-state index is 12.1. The molecule has 0 amide bonds. The van der Waals surface area contributed by atoms with Gasteiger partial charge in [-0.1, -0.05) is 39.2 Å². The Balaban J connectivity index is 1.75.